The van der Waals surface area contributed by atoms with Crippen LogP contribution in [0.4, 0.5) is 11.4 Å². The van der Waals surface area contributed by atoms with Crippen molar-refractivity contribution in [1.29, 1.82) is 0 Å². The molecule has 0 bridgehead atoms. The highest BCUT2D eigenvalue weighted by Crippen LogP contribution is 2.33. The van der Waals surface area contributed by atoms with Gasteiger partial charge < -0.3 is 21.2 Å². The fourth-order valence-electron chi connectivity index (χ4n) is 3.11. The van der Waals surface area contributed by atoms with Crippen LogP contribution < -0.4 is 21.7 Å². The summed E-state index contributed by atoms with van der Waals surface area (Å²) in [5.41, 5.74) is 11.5. The number of benzene rings is 1. The maximum absolute atomic E-state index is 13.7. The average Bonchev–Trinajstić information content (AvgIpc) is 3.41. The van der Waals surface area contributed by atoms with E-state index in [9.17, 15) is 14.4 Å². The number of carbonyl (C=O) groups is 3. The lowest BCUT2D eigenvalue weighted by Gasteiger charge is -2.29. The number of hydrogen-bond acceptors (Lipinski definition) is 7. The van der Waals surface area contributed by atoms with Crippen LogP contribution in [-0.2, 0) is 4.79 Å². The van der Waals surface area contributed by atoms with Crippen LogP contribution in [-0.4, -0.2) is 28.6 Å². The molecule has 2 heterocycles. The van der Waals surface area contributed by atoms with Gasteiger partial charge in [-0.05, 0) is 48.1 Å². The van der Waals surface area contributed by atoms with Crippen LogP contribution in [0.25, 0.3) is 0 Å². The summed E-state index contributed by atoms with van der Waals surface area (Å²) < 4.78 is 9.45. The van der Waals surface area contributed by atoms with Gasteiger partial charge in [-0.3, -0.25) is 19.3 Å². The van der Waals surface area contributed by atoms with Crippen LogP contribution in [0.2, 0.25) is 0 Å². The van der Waals surface area contributed by atoms with Crippen LogP contribution in [0.5, 0.6) is 0 Å². The second kappa shape index (κ2) is 10.1. The molecule has 0 aliphatic rings. The lowest BCUT2D eigenvalue weighted by atomic mass is 10.1. The number of hydrogen-bond donors (Lipinski definition) is 3. The van der Waals surface area contributed by atoms with E-state index >= 15 is 0 Å². The number of aromatic nitrogens is 1. The Morgan fingerprint density at radius 2 is 1.88 bits per heavy atom. The SMILES string of the molecule is CC(C)CCNC(=O)[C@H](c1ccco1)N(C(=O)c1snc(C(N)=O)c1N)c1ccccc1. The molecule has 9 nitrogen and oxygen atoms in total. The largest absolute Gasteiger partial charge is 0.467 e. The van der Waals surface area contributed by atoms with Crippen LogP contribution in [0.1, 0.15) is 52.2 Å². The summed E-state index contributed by atoms with van der Waals surface area (Å²) in [4.78, 5) is 39.8. The first-order valence-electron chi connectivity index (χ1n) is 10.1. The topological polar surface area (TPSA) is 145 Å². The summed E-state index contributed by atoms with van der Waals surface area (Å²) in [6, 6.07) is 10.8. The molecule has 3 aromatic rings. The molecule has 5 N–H and O–H groups in total. The number of amides is 3. The van der Waals surface area contributed by atoms with E-state index in [1.54, 1.807) is 42.5 Å². The van der Waals surface area contributed by atoms with E-state index in [4.69, 9.17) is 15.9 Å². The number of carbonyl (C=O) groups excluding carboxylic acids is 3. The number of anilines is 2. The van der Waals surface area contributed by atoms with Crippen molar-refractivity contribution in [3.05, 3.63) is 65.1 Å². The zero-order chi connectivity index (χ0) is 23.3. The summed E-state index contributed by atoms with van der Waals surface area (Å²) in [6.07, 6.45) is 2.21. The predicted octanol–water partition coefficient (Wildman–Crippen LogP) is 2.97. The summed E-state index contributed by atoms with van der Waals surface area (Å²) >= 11 is 0.754. The van der Waals surface area contributed by atoms with Crippen molar-refractivity contribution in [1.82, 2.24) is 9.69 Å². The zero-order valence-corrected chi connectivity index (χ0v) is 18.6. The normalized spacial score (nSPS) is 11.8. The van der Waals surface area contributed by atoms with E-state index in [0.29, 0.717) is 18.2 Å². The van der Waals surface area contributed by atoms with E-state index in [1.807, 2.05) is 0 Å². The van der Waals surface area contributed by atoms with Gasteiger partial charge >= 0.3 is 0 Å². The minimum atomic E-state index is -1.11. The lowest BCUT2D eigenvalue weighted by Crippen LogP contribution is -2.44. The second-order valence-corrected chi connectivity index (χ2v) is 8.31. The first-order chi connectivity index (χ1) is 15.3. The van der Waals surface area contributed by atoms with E-state index in [-0.39, 0.29) is 22.0 Å². The van der Waals surface area contributed by atoms with Crippen LogP contribution in [0, 0.1) is 5.92 Å². The molecule has 1 aromatic carbocycles. The predicted molar refractivity (Wildman–Crippen MR) is 122 cm³/mol. The Morgan fingerprint density at radius 3 is 2.44 bits per heavy atom. The van der Waals surface area contributed by atoms with Crippen LogP contribution in [0.15, 0.2) is 53.1 Å². The Hall–Kier alpha value is -3.66. The van der Waals surface area contributed by atoms with Gasteiger partial charge in [-0.1, -0.05) is 32.0 Å². The molecule has 0 spiro atoms. The van der Waals surface area contributed by atoms with Crippen LogP contribution in [0.3, 0.4) is 0 Å². The van der Waals surface area contributed by atoms with E-state index < -0.39 is 23.8 Å². The lowest BCUT2D eigenvalue weighted by molar-refractivity contribution is -0.122. The van der Waals surface area contributed by atoms with Gasteiger partial charge in [-0.2, -0.15) is 4.37 Å². The molecule has 1 atom stereocenters. The molecule has 0 saturated heterocycles. The molecule has 0 aliphatic heterocycles. The Bertz CT molecular complexity index is 1080. The van der Waals surface area contributed by atoms with Crippen molar-refractivity contribution in [2.45, 2.75) is 26.3 Å². The Kier molecular flexibility index (Phi) is 7.26. The van der Waals surface area contributed by atoms with Crippen molar-refractivity contribution in [3.8, 4) is 0 Å². The molecule has 3 rings (SSSR count). The minimum absolute atomic E-state index is 0.00851. The molecule has 0 saturated carbocycles. The summed E-state index contributed by atoms with van der Waals surface area (Å²) in [5.74, 6) is -1.16. The maximum atomic E-state index is 13.7. The van der Waals surface area contributed by atoms with E-state index in [0.717, 1.165) is 18.0 Å². The van der Waals surface area contributed by atoms with E-state index in [2.05, 4.69) is 23.5 Å². The van der Waals surface area contributed by atoms with E-state index in [1.165, 1.54) is 11.2 Å². The molecular weight excluding hydrogens is 430 g/mol. The van der Waals surface area contributed by atoms with Gasteiger partial charge in [0.25, 0.3) is 17.7 Å². The smallest absolute Gasteiger partial charge is 0.273 e. The number of nitrogens with two attached hydrogens (primary N) is 2. The third kappa shape index (κ3) is 4.97. The fraction of sp³-hybridized carbons (Fsp3) is 0.273. The van der Waals surface area contributed by atoms with Gasteiger partial charge in [0.2, 0.25) is 0 Å². The standard InChI is InChI=1S/C22H25N5O4S/c1-13(2)10-11-25-21(29)18(15-9-6-12-31-15)27(14-7-4-3-5-8-14)22(30)19-16(23)17(20(24)28)26-32-19/h3-9,12-13,18H,10-11,23H2,1-2H3,(H2,24,28)(H,25,29)/t18-/m0/s1. The maximum Gasteiger partial charge on any atom is 0.273 e. The minimum Gasteiger partial charge on any atom is -0.467 e. The molecule has 3 amide bonds. The first-order valence-corrected chi connectivity index (χ1v) is 10.8. The molecule has 0 radical (unpaired) electrons. The highest BCUT2D eigenvalue weighted by molar-refractivity contribution is 7.09. The Labute approximate surface area is 189 Å². The van der Waals surface area contributed by atoms with Crippen molar-refractivity contribution in [2.75, 3.05) is 17.2 Å². The van der Waals surface area contributed by atoms with Gasteiger partial charge in [0.1, 0.15) is 10.6 Å². The number of nitrogen functional groups attached to an aromatic ring is 1. The highest BCUT2D eigenvalue weighted by atomic mass is 32.1. The molecule has 32 heavy (non-hydrogen) atoms. The third-order valence-electron chi connectivity index (χ3n) is 4.75. The first kappa shape index (κ1) is 23.0. The van der Waals surface area contributed by atoms with Crippen molar-refractivity contribution in [3.63, 3.8) is 0 Å². The van der Waals surface area contributed by atoms with Crippen molar-refractivity contribution < 1.29 is 18.8 Å². The molecule has 0 fully saturated rings. The fourth-order valence-corrected chi connectivity index (χ4v) is 3.85. The molecule has 10 heteroatoms. The van der Waals surface area contributed by atoms with Gasteiger partial charge in [0, 0.05) is 12.2 Å². The number of nitrogens with zero attached hydrogens (tertiary/aromatic N) is 2. The monoisotopic (exact) mass is 455 g/mol. The average molecular weight is 456 g/mol. The molecule has 0 unspecified atom stereocenters. The Morgan fingerprint density at radius 1 is 1.16 bits per heavy atom. The number of nitrogens with one attached hydrogen (secondary N) is 1. The van der Waals surface area contributed by atoms with Gasteiger partial charge in [-0.25, -0.2) is 0 Å². The quantitative estimate of drug-likeness (QED) is 0.452. The molecule has 2 aromatic heterocycles. The molecule has 0 aliphatic carbocycles. The summed E-state index contributed by atoms with van der Waals surface area (Å²) in [5, 5.41) is 2.89. The van der Waals surface area contributed by atoms with Gasteiger partial charge in [-0.15, -0.1) is 0 Å². The number of rotatable bonds is 9. The van der Waals surface area contributed by atoms with Gasteiger partial charge in [0.05, 0.1) is 12.0 Å². The number of furan rings is 1. The number of primary amides is 1. The Balaban J connectivity index is 2.07. The second-order valence-electron chi connectivity index (χ2n) is 7.54. The van der Waals surface area contributed by atoms with Crippen LogP contribution >= 0.6 is 11.5 Å². The van der Waals surface area contributed by atoms with Gasteiger partial charge in [0.15, 0.2) is 11.7 Å². The molecule has 168 valence electrons. The summed E-state index contributed by atoms with van der Waals surface area (Å²) in [7, 11) is 0. The summed E-state index contributed by atoms with van der Waals surface area (Å²) in [6.45, 7) is 4.55. The zero-order valence-electron chi connectivity index (χ0n) is 17.8. The van der Waals surface area contributed by atoms with Crippen molar-refractivity contribution in [2.24, 2.45) is 11.7 Å². The number of para-hydroxylation sites is 1. The third-order valence-corrected chi connectivity index (χ3v) is 5.60. The van der Waals surface area contributed by atoms with Crippen molar-refractivity contribution >= 4 is 40.6 Å². The highest BCUT2D eigenvalue weighted by Gasteiger charge is 2.37. The molecular formula is C22H25N5O4S.